The maximum atomic E-state index is 12.0. The van der Waals surface area contributed by atoms with E-state index in [2.05, 4.69) is 21.2 Å². The van der Waals surface area contributed by atoms with Gasteiger partial charge in [-0.15, -0.1) is 0 Å². The lowest BCUT2D eigenvalue weighted by molar-refractivity contribution is -0.119. The summed E-state index contributed by atoms with van der Waals surface area (Å²) in [5.74, 6) is 0.374. The fourth-order valence-corrected chi connectivity index (χ4v) is 2.34. The van der Waals surface area contributed by atoms with E-state index in [0.717, 1.165) is 21.2 Å². The topological polar surface area (TPSA) is 64.3 Å². The van der Waals surface area contributed by atoms with Gasteiger partial charge in [-0.2, -0.15) is 0 Å². The van der Waals surface area contributed by atoms with Crippen molar-refractivity contribution in [3.8, 4) is 5.75 Å². The van der Waals surface area contributed by atoms with Crippen molar-refractivity contribution in [3.05, 3.63) is 21.2 Å². The Hall–Kier alpha value is -1.07. The second-order valence-corrected chi connectivity index (χ2v) is 5.52. The van der Waals surface area contributed by atoms with Gasteiger partial charge in [0, 0.05) is 16.9 Å². The molecule has 0 aliphatic rings. The summed E-state index contributed by atoms with van der Waals surface area (Å²) in [6.07, 6.45) is 0. The van der Waals surface area contributed by atoms with Crippen LogP contribution in [-0.2, 0) is 4.79 Å². The Labute approximate surface area is 122 Å². The smallest absolute Gasteiger partial charge is 0.228 e. The molecule has 4 nitrogen and oxygen atoms in total. The third-order valence-corrected chi connectivity index (χ3v) is 4.61. The zero-order chi connectivity index (χ0) is 14.7. The summed E-state index contributed by atoms with van der Waals surface area (Å²) in [6.45, 7) is 8.05. The summed E-state index contributed by atoms with van der Waals surface area (Å²) in [5.41, 5.74) is 9.31. The second-order valence-electron chi connectivity index (χ2n) is 4.72. The third-order valence-electron chi connectivity index (χ3n) is 3.42. The molecule has 0 aromatic heterocycles. The number of nitrogens with one attached hydrogen (secondary N) is 1. The van der Waals surface area contributed by atoms with Gasteiger partial charge in [-0.1, -0.05) is 22.9 Å². The van der Waals surface area contributed by atoms with Gasteiger partial charge in [0.25, 0.3) is 0 Å². The molecule has 0 saturated carbocycles. The number of carbonyl (C=O) groups excluding carboxylic acids is 1. The number of amides is 1. The van der Waals surface area contributed by atoms with Crippen LogP contribution in [0.3, 0.4) is 0 Å². The van der Waals surface area contributed by atoms with E-state index in [1.54, 1.807) is 14.0 Å². The van der Waals surface area contributed by atoms with Gasteiger partial charge in [0.15, 0.2) is 0 Å². The first-order valence-corrected chi connectivity index (χ1v) is 6.98. The zero-order valence-electron chi connectivity index (χ0n) is 12.1. The van der Waals surface area contributed by atoms with Gasteiger partial charge in [-0.3, -0.25) is 4.79 Å². The lowest BCUT2D eigenvalue weighted by atomic mass is 10.0. The molecule has 19 heavy (non-hydrogen) atoms. The number of hydrogen-bond acceptors (Lipinski definition) is 3. The van der Waals surface area contributed by atoms with Crippen molar-refractivity contribution in [3.63, 3.8) is 0 Å². The predicted octanol–water partition coefficient (Wildman–Crippen LogP) is 2.92. The number of benzene rings is 1. The summed E-state index contributed by atoms with van der Waals surface area (Å²) in [5, 5.41) is 2.92. The molecule has 1 amide bonds. The van der Waals surface area contributed by atoms with Crippen LogP contribution in [0, 0.1) is 26.7 Å². The normalized spacial score (nSPS) is 12.2. The summed E-state index contributed by atoms with van der Waals surface area (Å²) in [7, 11) is 1.61. The molecule has 0 aliphatic carbocycles. The maximum absolute atomic E-state index is 12.0. The van der Waals surface area contributed by atoms with Crippen LogP contribution in [0.25, 0.3) is 0 Å². The Morgan fingerprint density at radius 3 is 2.37 bits per heavy atom. The predicted molar refractivity (Wildman–Crippen MR) is 81.8 cm³/mol. The van der Waals surface area contributed by atoms with Crippen LogP contribution in [0.4, 0.5) is 5.69 Å². The first kappa shape index (κ1) is 16.0. The van der Waals surface area contributed by atoms with Crippen molar-refractivity contribution < 1.29 is 9.53 Å². The first-order chi connectivity index (χ1) is 8.84. The van der Waals surface area contributed by atoms with Crippen LogP contribution in [0.1, 0.15) is 23.6 Å². The summed E-state index contributed by atoms with van der Waals surface area (Å²) in [4.78, 5) is 12.0. The standard InChI is InChI=1S/C14H21BrN2O2/c1-7(6-16)14(18)17-12-10(4)11(15)8(2)9(3)13(12)19-5/h7H,6,16H2,1-5H3,(H,17,18). The Bertz CT molecular complexity index is 501. The zero-order valence-corrected chi connectivity index (χ0v) is 13.6. The van der Waals surface area contributed by atoms with E-state index >= 15 is 0 Å². The Morgan fingerprint density at radius 2 is 1.89 bits per heavy atom. The summed E-state index contributed by atoms with van der Waals surface area (Å²) >= 11 is 3.56. The van der Waals surface area contributed by atoms with Gasteiger partial charge < -0.3 is 15.8 Å². The fraction of sp³-hybridized carbons (Fsp3) is 0.500. The molecular weight excluding hydrogens is 308 g/mol. The molecule has 0 fully saturated rings. The van der Waals surface area contributed by atoms with Gasteiger partial charge in [-0.25, -0.2) is 0 Å². The van der Waals surface area contributed by atoms with E-state index in [4.69, 9.17) is 10.5 Å². The molecule has 0 saturated heterocycles. The molecule has 1 atom stereocenters. The Morgan fingerprint density at radius 1 is 1.32 bits per heavy atom. The first-order valence-electron chi connectivity index (χ1n) is 6.19. The molecule has 1 unspecified atom stereocenters. The molecule has 0 radical (unpaired) electrons. The molecule has 0 spiro atoms. The number of nitrogens with two attached hydrogens (primary N) is 1. The van der Waals surface area contributed by atoms with Crippen LogP contribution in [-0.4, -0.2) is 19.6 Å². The number of hydrogen-bond donors (Lipinski definition) is 2. The minimum absolute atomic E-state index is 0.0981. The van der Waals surface area contributed by atoms with Crippen LogP contribution in [0.2, 0.25) is 0 Å². The molecule has 106 valence electrons. The SMILES string of the molecule is COc1c(C)c(C)c(Br)c(C)c1NC(=O)C(C)CN. The van der Waals surface area contributed by atoms with Crippen molar-refractivity contribution in [2.24, 2.45) is 11.7 Å². The molecule has 1 aromatic rings. The molecular formula is C14H21BrN2O2. The molecule has 0 aliphatic heterocycles. The number of methoxy groups -OCH3 is 1. The van der Waals surface area contributed by atoms with Crippen molar-refractivity contribution in [2.45, 2.75) is 27.7 Å². The monoisotopic (exact) mass is 328 g/mol. The van der Waals surface area contributed by atoms with Crippen LogP contribution in [0.5, 0.6) is 5.75 Å². The highest BCUT2D eigenvalue weighted by molar-refractivity contribution is 9.10. The number of carbonyl (C=O) groups is 1. The van der Waals surface area contributed by atoms with E-state index in [1.807, 2.05) is 20.8 Å². The average molecular weight is 329 g/mol. The van der Waals surface area contributed by atoms with Crippen LogP contribution >= 0.6 is 15.9 Å². The number of anilines is 1. The van der Waals surface area contributed by atoms with Gasteiger partial charge in [0.05, 0.1) is 12.8 Å². The summed E-state index contributed by atoms with van der Waals surface area (Å²) < 4.78 is 6.43. The third kappa shape index (κ3) is 3.09. The van der Waals surface area contributed by atoms with Gasteiger partial charge in [0.2, 0.25) is 5.91 Å². The molecule has 5 heteroatoms. The Kier molecular flexibility index (Phi) is 5.38. The van der Waals surface area contributed by atoms with Crippen LogP contribution < -0.4 is 15.8 Å². The highest BCUT2D eigenvalue weighted by atomic mass is 79.9. The number of ether oxygens (including phenoxy) is 1. The van der Waals surface area contributed by atoms with Gasteiger partial charge in [0.1, 0.15) is 5.75 Å². The van der Waals surface area contributed by atoms with E-state index in [0.29, 0.717) is 18.0 Å². The summed E-state index contributed by atoms with van der Waals surface area (Å²) in [6, 6.07) is 0. The van der Waals surface area contributed by atoms with E-state index in [9.17, 15) is 4.79 Å². The Balaban J connectivity index is 3.31. The van der Waals surface area contributed by atoms with E-state index in [1.165, 1.54) is 0 Å². The number of halogens is 1. The average Bonchev–Trinajstić information content (AvgIpc) is 2.41. The van der Waals surface area contributed by atoms with Gasteiger partial charge >= 0.3 is 0 Å². The lowest BCUT2D eigenvalue weighted by Crippen LogP contribution is -2.27. The van der Waals surface area contributed by atoms with Crippen LogP contribution in [0.15, 0.2) is 4.47 Å². The van der Waals surface area contributed by atoms with Crippen molar-refractivity contribution in [1.29, 1.82) is 0 Å². The van der Waals surface area contributed by atoms with Gasteiger partial charge in [-0.05, 0) is 37.5 Å². The molecule has 1 aromatic carbocycles. The van der Waals surface area contributed by atoms with Crippen molar-refractivity contribution in [2.75, 3.05) is 19.0 Å². The largest absolute Gasteiger partial charge is 0.494 e. The highest BCUT2D eigenvalue weighted by Gasteiger charge is 2.20. The quantitative estimate of drug-likeness (QED) is 0.893. The molecule has 1 rings (SSSR count). The molecule has 3 N–H and O–H groups in total. The minimum atomic E-state index is -0.232. The fourth-order valence-electron chi connectivity index (χ4n) is 1.84. The van der Waals surface area contributed by atoms with Crippen molar-refractivity contribution in [1.82, 2.24) is 0 Å². The molecule has 0 bridgehead atoms. The van der Waals surface area contributed by atoms with E-state index in [-0.39, 0.29) is 11.8 Å². The van der Waals surface area contributed by atoms with Crippen molar-refractivity contribution >= 4 is 27.5 Å². The molecule has 0 heterocycles. The minimum Gasteiger partial charge on any atom is -0.494 e. The number of rotatable bonds is 4. The van der Waals surface area contributed by atoms with E-state index < -0.39 is 0 Å². The maximum Gasteiger partial charge on any atom is 0.228 e. The second kappa shape index (κ2) is 6.39. The highest BCUT2D eigenvalue weighted by Crippen LogP contribution is 2.39. The lowest BCUT2D eigenvalue weighted by Gasteiger charge is -2.20.